The Bertz CT molecular complexity index is 627. The third-order valence-corrected chi connectivity index (χ3v) is 5.85. The number of aliphatic imine (C=N–C) groups is 1. The van der Waals surface area contributed by atoms with Gasteiger partial charge in [0.05, 0.1) is 11.6 Å². The minimum atomic E-state index is 0.499. The molecule has 0 saturated heterocycles. The molecule has 3 rings (SSSR count). The van der Waals surface area contributed by atoms with Gasteiger partial charge in [-0.3, -0.25) is 0 Å². The van der Waals surface area contributed by atoms with E-state index in [4.69, 9.17) is 26.1 Å². The molecule has 2 unspecified atom stereocenters. The summed E-state index contributed by atoms with van der Waals surface area (Å²) in [6, 6.07) is 4.37. The zero-order valence-corrected chi connectivity index (χ0v) is 16.4. The molecule has 1 saturated carbocycles. The fraction of sp³-hybridized carbons (Fsp3) is 0.611. The van der Waals surface area contributed by atoms with E-state index < -0.39 is 0 Å². The number of hydrogen-bond donors (Lipinski definition) is 2. The van der Waals surface area contributed by atoms with Crippen LogP contribution >= 0.6 is 23.4 Å². The van der Waals surface area contributed by atoms with E-state index in [1.807, 2.05) is 23.9 Å². The first kappa shape index (κ1) is 18.5. The van der Waals surface area contributed by atoms with E-state index in [0.717, 1.165) is 23.3 Å². The van der Waals surface area contributed by atoms with Crippen LogP contribution in [0.5, 0.6) is 11.5 Å². The first-order chi connectivity index (χ1) is 12.2. The Labute approximate surface area is 158 Å². The average molecular weight is 384 g/mol. The maximum absolute atomic E-state index is 6.31. The second-order valence-electron chi connectivity index (χ2n) is 6.31. The van der Waals surface area contributed by atoms with E-state index in [-0.39, 0.29) is 0 Å². The van der Waals surface area contributed by atoms with Crippen LogP contribution in [0.1, 0.15) is 31.7 Å². The van der Waals surface area contributed by atoms with Crippen LogP contribution in [0.25, 0.3) is 0 Å². The second kappa shape index (κ2) is 8.90. The molecule has 0 spiro atoms. The summed E-state index contributed by atoms with van der Waals surface area (Å²) in [5.74, 6) is 2.21. The first-order valence-electron chi connectivity index (χ1n) is 8.85. The van der Waals surface area contributed by atoms with Crippen molar-refractivity contribution in [1.82, 2.24) is 10.6 Å². The Morgan fingerprint density at radius 1 is 1.32 bits per heavy atom. The van der Waals surface area contributed by atoms with Crippen LogP contribution in [-0.2, 0) is 6.54 Å². The monoisotopic (exact) mass is 383 g/mol. The number of guanidine groups is 1. The van der Waals surface area contributed by atoms with Gasteiger partial charge in [0, 0.05) is 17.8 Å². The lowest BCUT2D eigenvalue weighted by molar-refractivity contribution is 0.171. The molecular formula is C18H26ClN3O2S. The lowest BCUT2D eigenvalue weighted by Gasteiger charge is -2.20. The number of halogens is 1. The molecule has 0 amide bonds. The highest BCUT2D eigenvalue weighted by molar-refractivity contribution is 7.99. The van der Waals surface area contributed by atoms with E-state index >= 15 is 0 Å². The summed E-state index contributed by atoms with van der Waals surface area (Å²) >= 11 is 8.27. The summed E-state index contributed by atoms with van der Waals surface area (Å²) in [4.78, 5) is 4.72. The van der Waals surface area contributed by atoms with Crippen LogP contribution in [0.4, 0.5) is 0 Å². The largest absolute Gasteiger partial charge is 0.486 e. The molecule has 2 atom stereocenters. The molecule has 1 fully saturated rings. The third kappa shape index (κ3) is 4.88. The van der Waals surface area contributed by atoms with Gasteiger partial charge in [0.25, 0.3) is 0 Å². The van der Waals surface area contributed by atoms with Gasteiger partial charge >= 0.3 is 0 Å². The molecule has 25 heavy (non-hydrogen) atoms. The van der Waals surface area contributed by atoms with Crippen LogP contribution in [0.2, 0.25) is 5.02 Å². The molecule has 1 aliphatic heterocycles. The zero-order valence-electron chi connectivity index (χ0n) is 14.8. The molecule has 5 nitrogen and oxygen atoms in total. The van der Waals surface area contributed by atoms with Crippen molar-refractivity contribution in [3.63, 3.8) is 0 Å². The lowest BCUT2D eigenvalue weighted by atomic mass is 10.2. The van der Waals surface area contributed by atoms with Crippen LogP contribution in [0, 0.1) is 0 Å². The Hall–Kier alpha value is -1.27. The summed E-state index contributed by atoms with van der Waals surface area (Å²) in [6.45, 7) is 4.56. The Morgan fingerprint density at radius 3 is 2.92 bits per heavy atom. The molecule has 2 N–H and O–H groups in total. The molecule has 0 radical (unpaired) electrons. The molecule has 1 aromatic rings. The van der Waals surface area contributed by atoms with Gasteiger partial charge in [0.1, 0.15) is 13.2 Å². The molecule has 0 bridgehead atoms. The maximum Gasteiger partial charge on any atom is 0.191 e. The van der Waals surface area contributed by atoms with Crippen molar-refractivity contribution < 1.29 is 9.47 Å². The highest BCUT2D eigenvalue weighted by Gasteiger charge is 2.24. The molecule has 138 valence electrons. The van der Waals surface area contributed by atoms with Crippen molar-refractivity contribution in [2.24, 2.45) is 4.99 Å². The van der Waals surface area contributed by atoms with Crippen LogP contribution in [0.3, 0.4) is 0 Å². The van der Waals surface area contributed by atoms with Crippen molar-refractivity contribution in [2.45, 2.75) is 44.0 Å². The third-order valence-electron chi connectivity index (χ3n) is 4.48. The van der Waals surface area contributed by atoms with Gasteiger partial charge in [-0.25, -0.2) is 4.99 Å². The molecule has 1 aromatic carbocycles. The maximum atomic E-state index is 6.31. The lowest BCUT2D eigenvalue weighted by Crippen LogP contribution is -2.42. The molecule has 2 aliphatic rings. The minimum absolute atomic E-state index is 0.499. The summed E-state index contributed by atoms with van der Waals surface area (Å²) in [5, 5.41) is 8.24. The number of fused-ring (bicyclic) bond motifs is 1. The van der Waals surface area contributed by atoms with Crippen molar-refractivity contribution >= 4 is 29.3 Å². The first-order valence-corrected chi connectivity index (χ1v) is 10.5. The van der Waals surface area contributed by atoms with Gasteiger partial charge in [-0.15, -0.1) is 0 Å². The smallest absolute Gasteiger partial charge is 0.191 e. The Balaban J connectivity index is 1.66. The van der Waals surface area contributed by atoms with E-state index in [0.29, 0.717) is 42.3 Å². The van der Waals surface area contributed by atoms with Gasteiger partial charge in [-0.2, -0.15) is 11.8 Å². The normalized spacial score (nSPS) is 22.8. The number of nitrogens with one attached hydrogen (secondary N) is 2. The minimum Gasteiger partial charge on any atom is -0.486 e. The second-order valence-corrected chi connectivity index (χ2v) is 7.85. The van der Waals surface area contributed by atoms with Gasteiger partial charge in [0.15, 0.2) is 17.5 Å². The SMILES string of the molecule is CCNC(=NCc1cc(Cl)c2c(c1)OCCO2)NC1CCC(SC)C1. The summed E-state index contributed by atoms with van der Waals surface area (Å²) in [6.07, 6.45) is 5.86. The molecule has 1 aliphatic carbocycles. The van der Waals surface area contributed by atoms with Crippen molar-refractivity contribution in [3.8, 4) is 11.5 Å². The van der Waals surface area contributed by atoms with Gasteiger partial charge < -0.3 is 20.1 Å². The van der Waals surface area contributed by atoms with E-state index in [2.05, 4.69) is 23.8 Å². The van der Waals surface area contributed by atoms with Gasteiger partial charge in [-0.1, -0.05) is 11.6 Å². The fourth-order valence-electron chi connectivity index (χ4n) is 3.22. The van der Waals surface area contributed by atoms with E-state index in [1.54, 1.807) is 0 Å². The fourth-order valence-corrected chi connectivity index (χ4v) is 4.31. The van der Waals surface area contributed by atoms with E-state index in [1.165, 1.54) is 19.3 Å². The summed E-state index contributed by atoms with van der Waals surface area (Å²) in [5.41, 5.74) is 1.01. The highest BCUT2D eigenvalue weighted by atomic mass is 35.5. The van der Waals surface area contributed by atoms with Crippen molar-refractivity contribution in [2.75, 3.05) is 26.0 Å². The Kier molecular flexibility index (Phi) is 6.59. The van der Waals surface area contributed by atoms with Crippen LogP contribution < -0.4 is 20.1 Å². The molecule has 7 heteroatoms. The number of rotatable bonds is 5. The average Bonchev–Trinajstić information content (AvgIpc) is 3.07. The number of ether oxygens (including phenoxy) is 2. The van der Waals surface area contributed by atoms with E-state index in [9.17, 15) is 0 Å². The predicted octanol–water partition coefficient (Wildman–Crippen LogP) is 3.45. The molecular weight excluding hydrogens is 358 g/mol. The zero-order chi connectivity index (χ0) is 17.6. The quantitative estimate of drug-likeness (QED) is 0.602. The number of nitrogens with zero attached hydrogens (tertiary/aromatic N) is 1. The predicted molar refractivity (Wildman–Crippen MR) is 105 cm³/mol. The topological polar surface area (TPSA) is 54.9 Å². The highest BCUT2D eigenvalue weighted by Crippen LogP contribution is 2.38. The van der Waals surface area contributed by atoms with Crippen LogP contribution in [-0.4, -0.2) is 43.3 Å². The molecule has 1 heterocycles. The number of benzene rings is 1. The van der Waals surface area contributed by atoms with Crippen LogP contribution in [0.15, 0.2) is 17.1 Å². The Morgan fingerprint density at radius 2 is 2.16 bits per heavy atom. The summed E-state index contributed by atoms with van der Waals surface area (Å²) in [7, 11) is 0. The summed E-state index contributed by atoms with van der Waals surface area (Å²) < 4.78 is 11.2. The number of thioether (sulfide) groups is 1. The number of hydrogen-bond acceptors (Lipinski definition) is 4. The van der Waals surface area contributed by atoms with Gasteiger partial charge in [-0.05, 0) is 50.1 Å². The molecule has 0 aromatic heterocycles. The van der Waals surface area contributed by atoms with Crippen molar-refractivity contribution in [1.29, 1.82) is 0 Å². The van der Waals surface area contributed by atoms with Gasteiger partial charge in [0.2, 0.25) is 0 Å². The van der Waals surface area contributed by atoms with Crippen molar-refractivity contribution in [3.05, 3.63) is 22.7 Å². The standard InChI is InChI=1S/C18H26ClN3O2S/c1-3-20-18(22-13-4-5-14(10-13)25-2)21-11-12-8-15(19)17-16(9-12)23-6-7-24-17/h8-9,13-14H,3-7,10-11H2,1-2H3,(H2,20,21,22).